The Morgan fingerprint density at radius 1 is 1.24 bits per heavy atom. The van der Waals surface area contributed by atoms with Crippen LogP contribution in [0, 0.1) is 6.92 Å². The Morgan fingerprint density at radius 2 is 2.08 bits per heavy atom. The number of anilines is 1. The number of imidazole rings is 1. The van der Waals surface area contributed by atoms with Crippen LogP contribution in [-0.4, -0.2) is 28.3 Å². The molecule has 1 N–H and O–H groups in total. The first-order chi connectivity index (χ1) is 12.2. The number of nitrogens with zero attached hydrogens (tertiary/aromatic N) is 2. The number of thioether (sulfide) groups is 1. The van der Waals surface area contributed by atoms with Gasteiger partial charge in [0, 0.05) is 24.1 Å². The van der Waals surface area contributed by atoms with Crippen molar-refractivity contribution in [2.24, 2.45) is 0 Å². The Bertz CT molecular complexity index is 876. The van der Waals surface area contributed by atoms with Gasteiger partial charge in [0.15, 0.2) is 5.16 Å². The summed E-state index contributed by atoms with van der Waals surface area (Å²) in [6.45, 7) is 1.97. The van der Waals surface area contributed by atoms with Crippen LogP contribution in [0.25, 0.3) is 5.69 Å². The lowest BCUT2D eigenvalue weighted by Gasteiger charge is -2.10. The fourth-order valence-electron chi connectivity index (χ4n) is 2.38. The maximum Gasteiger partial charge on any atom is 0.234 e. The van der Waals surface area contributed by atoms with Crippen molar-refractivity contribution in [1.82, 2.24) is 9.55 Å². The number of rotatable bonds is 6. The van der Waals surface area contributed by atoms with Crippen LogP contribution in [0.5, 0.6) is 5.75 Å². The lowest BCUT2D eigenvalue weighted by molar-refractivity contribution is -0.113. The molecule has 0 saturated heterocycles. The number of ether oxygens (including phenoxy) is 1. The summed E-state index contributed by atoms with van der Waals surface area (Å²) in [4.78, 5) is 16.6. The summed E-state index contributed by atoms with van der Waals surface area (Å²) in [7, 11) is 1.64. The minimum atomic E-state index is -0.0560. The zero-order chi connectivity index (χ0) is 17.6. The lowest BCUT2D eigenvalue weighted by atomic mass is 10.2. The fraction of sp³-hybridized carbons (Fsp3) is 0.158. The first kappa shape index (κ1) is 17.1. The molecule has 0 fully saturated rings. The standard InChI is InChI=1S/C19H19N3O2S/c1-14-6-3-4-9-17(14)21-18(23)13-25-19-20-10-11-22(19)15-7-5-8-16(12-15)24-2/h3-12H,13H2,1-2H3,(H,21,23). The van der Waals surface area contributed by atoms with Gasteiger partial charge >= 0.3 is 0 Å². The normalized spacial score (nSPS) is 10.5. The highest BCUT2D eigenvalue weighted by atomic mass is 32.2. The van der Waals surface area contributed by atoms with Crippen LogP contribution in [-0.2, 0) is 4.79 Å². The smallest absolute Gasteiger partial charge is 0.234 e. The zero-order valence-electron chi connectivity index (χ0n) is 14.1. The van der Waals surface area contributed by atoms with Crippen molar-refractivity contribution < 1.29 is 9.53 Å². The third kappa shape index (κ3) is 4.22. The van der Waals surface area contributed by atoms with Crippen LogP contribution >= 0.6 is 11.8 Å². The number of carbonyl (C=O) groups excluding carboxylic acids is 1. The maximum absolute atomic E-state index is 12.2. The van der Waals surface area contributed by atoms with Crippen molar-refractivity contribution in [3.63, 3.8) is 0 Å². The van der Waals surface area contributed by atoms with E-state index in [9.17, 15) is 4.79 Å². The van der Waals surface area contributed by atoms with Gasteiger partial charge in [0.1, 0.15) is 5.75 Å². The second-order valence-electron chi connectivity index (χ2n) is 5.43. The number of nitrogens with one attached hydrogen (secondary N) is 1. The molecule has 0 radical (unpaired) electrons. The predicted octanol–water partition coefficient (Wildman–Crippen LogP) is 3.92. The molecule has 0 unspecified atom stereocenters. The topological polar surface area (TPSA) is 56.2 Å². The molecule has 0 aliphatic rings. The first-order valence-electron chi connectivity index (χ1n) is 7.83. The van der Waals surface area contributed by atoms with Crippen LogP contribution in [0.15, 0.2) is 66.1 Å². The molecule has 0 saturated carbocycles. The van der Waals surface area contributed by atoms with Gasteiger partial charge in [-0.2, -0.15) is 0 Å². The lowest BCUT2D eigenvalue weighted by Crippen LogP contribution is -2.15. The third-order valence-electron chi connectivity index (χ3n) is 3.69. The highest BCUT2D eigenvalue weighted by Gasteiger charge is 2.10. The molecule has 0 aliphatic carbocycles. The molecule has 0 aliphatic heterocycles. The molecule has 1 aromatic heterocycles. The van der Waals surface area contributed by atoms with Crippen LogP contribution in [0.4, 0.5) is 5.69 Å². The Balaban J connectivity index is 1.67. The van der Waals surface area contributed by atoms with Crippen LogP contribution in [0.2, 0.25) is 0 Å². The predicted molar refractivity (Wildman–Crippen MR) is 101 cm³/mol. The van der Waals surface area contributed by atoms with Crippen molar-refractivity contribution in [2.75, 3.05) is 18.2 Å². The molecule has 3 rings (SSSR count). The number of methoxy groups -OCH3 is 1. The number of hydrogen-bond donors (Lipinski definition) is 1. The van der Waals surface area contributed by atoms with E-state index in [0.717, 1.165) is 27.8 Å². The summed E-state index contributed by atoms with van der Waals surface area (Å²) in [5, 5.41) is 3.69. The Hall–Kier alpha value is -2.73. The van der Waals surface area contributed by atoms with E-state index in [4.69, 9.17) is 4.74 Å². The highest BCUT2D eigenvalue weighted by molar-refractivity contribution is 7.99. The molecule has 128 valence electrons. The molecule has 3 aromatic rings. The van der Waals surface area contributed by atoms with Gasteiger partial charge in [0.25, 0.3) is 0 Å². The van der Waals surface area contributed by atoms with Crippen molar-refractivity contribution in [2.45, 2.75) is 12.1 Å². The monoisotopic (exact) mass is 353 g/mol. The Labute approximate surface area is 151 Å². The van der Waals surface area contributed by atoms with Crippen molar-refractivity contribution in [3.8, 4) is 11.4 Å². The molecule has 1 heterocycles. The van der Waals surface area contributed by atoms with Crippen molar-refractivity contribution >= 4 is 23.4 Å². The molecule has 2 aromatic carbocycles. The van der Waals surface area contributed by atoms with Crippen molar-refractivity contribution in [3.05, 3.63) is 66.5 Å². The van der Waals surface area contributed by atoms with E-state index < -0.39 is 0 Å². The Kier molecular flexibility index (Phi) is 5.40. The minimum absolute atomic E-state index is 0.0560. The van der Waals surface area contributed by atoms with Gasteiger partial charge in [0.05, 0.1) is 18.6 Å². The number of benzene rings is 2. The average Bonchev–Trinajstić information content (AvgIpc) is 3.10. The summed E-state index contributed by atoms with van der Waals surface area (Å²) >= 11 is 1.39. The highest BCUT2D eigenvalue weighted by Crippen LogP contribution is 2.23. The molecular weight excluding hydrogens is 334 g/mol. The molecule has 1 amide bonds. The SMILES string of the molecule is COc1cccc(-n2ccnc2SCC(=O)Nc2ccccc2C)c1. The van der Waals surface area contributed by atoms with Crippen molar-refractivity contribution in [1.29, 1.82) is 0 Å². The van der Waals surface area contributed by atoms with E-state index in [1.165, 1.54) is 11.8 Å². The molecule has 0 spiro atoms. The summed E-state index contributed by atoms with van der Waals surface area (Å²) in [6, 6.07) is 15.4. The number of aryl methyl sites for hydroxylation is 1. The molecule has 0 atom stereocenters. The molecule has 6 heteroatoms. The van der Waals surface area contributed by atoms with Gasteiger partial charge in [-0.25, -0.2) is 4.98 Å². The second kappa shape index (κ2) is 7.90. The average molecular weight is 353 g/mol. The summed E-state index contributed by atoms with van der Waals surface area (Å²) in [5.74, 6) is 1.01. The molecule has 25 heavy (non-hydrogen) atoms. The number of aromatic nitrogens is 2. The quantitative estimate of drug-likeness (QED) is 0.683. The summed E-state index contributed by atoms with van der Waals surface area (Å²) in [5.41, 5.74) is 2.82. The van der Waals surface area contributed by atoms with Gasteiger partial charge in [-0.3, -0.25) is 9.36 Å². The number of carbonyl (C=O) groups is 1. The number of hydrogen-bond acceptors (Lipinski definition) is 4. The largest absolute Gasteiger partial charge is 0.497 e. The van der Waals surface area contributed by atoms with E-state index in [0.29, 0.717) is 0 Å². The van der Waals surface area contributed by atoms with E-state index in [1.807, 2.05) is 66.2 Å². The van der Waals surface area contributed by atoms with Crippen LogP contribution in [0.1, 0.15) is 5.56 Å². The van der Waals surface area contributed by atoms with Gasteiger partial charge in [-0.15, -0.1) is 0 Å². The van der Waals surface area contributed by atoms with Gasteiger partial charge in [-0.05, 0) is 30.7 Å². The van der Waals surface area contributed by atoms with Gasteiger partial charge < -0.3 is 10.1 Å². The molecular formula is C19H19N3O2S. The fourth-order valence-corrected chi connectivity index (χ4v) is 3.16. The van der Waals surface area contributed by atoms with Crippen LogP contribution in [0.3, 0.4) is 0 Å². The second-order valence-corrected chi connectivity index (χ2v) is 6.38. The van der Waals surface area contributed by atoms with Crippen LogP contribution < -0.4 is 10.1 Å². The summed E-state index contributed by atoms with van der Waals surface area (Å²) < 4.78 is 7.20. The van der Waals surface area contributed by atoms with E-state index in [2.05, 4.69) is 10.3 Å². The third-order valence-corrected chi connectivity index (χ3v) is 4.66. The first-order valence-corrected chi connectivity index (χ1v) is 8.82. The van der Waals surface area contributed by atoms with Gasteiger partial charge in [0.2, 0.25) is 5.91 Å². The number of para-hydroxylation sites is 1. The van der Waals surface area contributed by atoms with Gasteiger partial charge in [-0.1, -0.05) is 36.0 Å². The van der Waals surface area contributed by atoms with E-state index in [-0.39, 0.29) is 11.7 Å². The van der Waals surface area contributed by atoms with E-state index in [1.54, 1.807) is 13.3 Å². The molecule has 5 nitrogen and oxygen atoms in total. The van der Waals surface area contributed by atoms with E-state index >= 15 is 0 Å². The minimum Gasteiger partial charge on any atom is -0.497 e. The zero-order valence-corrected chi connectivity index (χ0v) is 14.9. The maximum atomic E-state index is 12.2. The molecule has 0 bridgehead atoms. The number of amides is 1. The Morgan fingerprint density at radius 3 is 2.88 bits per heavy atom. The summed E-state index contributed by atoms with van der Waals surface area (Å²) in [6.07, 6.45) is 3.59.